The normalized spacial score (nSPS) is 11.0. The molecule has 0 radical (unpaired) electrons. The highest BCUT2D eigenvalue weighted by molar-refractivity contribution is 5.92. The minimum atomic E-state index is -0.640. The number of nitrogens with one attached hydrogen (secondary N) is 1. The van der Waals surface area contributed by atoms with Crippen molar-refractivity contribution in [2.45, 2.75) is 13.5 Å². The maximum Gasteiger partial charge on any atom is 0.330 e. The number of rotatable bonds is 8. The molecule has 7 heteroatoms. The molecular formula is C21H22F2N2O3. The highest BCUT2D eigenvalue weighted by Gasteiger charge is 2.11. The predicted octanol–water partition coefficient (Wildman–Crippen LogP) is 3.61. The number of anilines is 1. The molecule has 0 aliphatic carbocycles. The van der Waals surface area contributed by atoms with Gasteiger partial charge in [0.05, 0.1) is 13.2 Å². The van der Waals surface area contributed by atoms with Gasteiger partial charge in [-0.05, 0) is 43.8 Å². The van der Waals surface area contributed by atoms with Crippen LogP contribution in [0.3, 0.4) is 0 Å². The second-order valence-electron chi connectivity index (χ2n) is 6.16. The number of nitrogens with zero attached hydrogens (tertiary/aromatic N) is 1. The van der Waals surface area contributed by atoms with E-state index in [1.807, 2.05) is 0 Å². The van der Waals surface area contributed by atoms with Crippen molar-refractivity contribution in [3.8, 4) is 0 Å². The molecule has 0 spiro atoms. The molecule has 0 unspecified atom stereocenters. The van der Waals surface area contributed by atoms with E-state index in [-0.39, 0.29) is 19.0 Å². The highest BCUT2D eigenvalue weighted by atomic mass is 19.1. The Hall–Kier alpha value is -3.06. The van der Waals surface area contributed by atoms with Crippen molar-refractivity contribution in [1.82, 2.24) is 4.90 Å². The van der Waals surface area contributed by atoms with E-state index in [2.05, 4.69) is 5.32 Å². The van der Waals surface area contributed by atoms with E-state index in [1.54, 1.807) is 49.2 Å². The van der Waals surface area contributed by atoms with Gasteiger partial charge in [0.25, 0.3) is 0 Å². The number of likely N-dealkylation sites (N-methyl/N-ethyl adjacent to an activating group) is 1. The van der Waals surface area contributed by atoms with Crippen molar-refractivity contribution in [3.05, 3.63) is 71.3 Å². The van der Waals surface area contributed by atoms with Crippen molar-refractivity contribution >= 4 is 23.6 Å². The van der Waals surface area contributed by atoms with Crippen molar-refractivity contribution < 1.29 is 23.1 Å². The average molecular weight is 388 g/mol. The lowest BCUT2D eigenvalue weighted by atomic mass is 10.2. The minimum Gasteiger partial charge on any atom is -0.463 e. The van der Waals surface area contributed by atoms with Crippen molar-refractivity contribution in [2.75, 3.05) is 25.5 Å². The largest absolute Gasteiger partial charge is 0.463 e. The summed E-state index contributed by atoms with van der Waals surface area (Å²) >= 11 is 0. The predicted molar refractivity (Wildman–Crippen MR) is 103 cm³/mol. The molecule has 0 aromatic heterocycles. The van der Waals surface area contributed by atoms with Crippen molar-refractivity contribution in [2.24, 2.45) is 0 Å². The summed E-state index contributed by atoms with van der Waals surface area (Å²) in [6.07, 6.45) is 2.95. The van der Waals surface area contributed by atoms with E-state index >= 15 is 0 Å². The van der Waals surface area contributed by atoms with E-state index in [0.717, 1.165) is 11.6 Å². The van der Waals surface area contributed by atoms with Gasteiger partial charge in [0.2, 0.25) is 5.91 Å². The molecule has 0 heterocycles. The van der Waals surface area contributed by atoms with E-state index in [9.17, 15) is 18.4 Å². The van der Waals surface area contributed by atoms with E-state index in [4.69, 9.17) is 4.74 Å². The van der Waals surface area contributed by atoms with Gasteiger partial charge in [0, 0.05) is 29.9 Å². The number of halogens is 2. The van der Waals surface area contributed by atoms with Gasteiger partial charge in [-0.15, -0.1) is 0 Å². The standard InChI is InChI=1S/C21H22F2N2O3/c1-3-28-21(27)11-6-15-4-9-18(10-5-15)24-20(26)14-25(2)13-16-7-8-17(22)12-19(16)23/h4-12H,3,13-14H2,1-2H3,(H,24,26)/b11-6+. The summed E-state index contributed by atoms with van der Waals surface area (Å²) in [4.78, 5) is 25.1. The summed E-state index contributed by atoms with van der Waals surface area (Å²) < 4.78 is 31.4. The molecule has 2 aromatic carbocycles. The number of amides is 1. The van der Waals surface area contributed by atoms with Gasteiger partial charge >= 0.3 is 5.97 Å². The third kappa shape index (κ3) is 6.92. The lowest BCUT2D eigenvalue weighted by Gasteiger charge is -2.17. The Balaban J connectivity index is 1.85. The number of ether oxygens (including phenoxy) is 1. The molecule has 0 saturated heterocycles. The summed E-state index contributed by atoms with van der Waals surface area (Å²) in [6, 6.07) is 10.3. The fourth-order valence-corrected chi connectivity index (χ4v) is 2.47. The van der Waals surface area contributed by atoms with Crippen LogP contribution in [0.2, 0.25) is 0 Å². The Morgan fingerprint density at radius 1 is 1.14 bits per heavy atom. The fraction of sp³-hybridized carbons (Fsp3) is 0.238. The minimum absolute atomic E-state index is 0.0430. The van der Waals surface area contributed by atoms with E-state index in [1.165, 1.54) is 18.2 Å². The van der Waals surface area contributed by atoms with Crippen LogP contribution in [0.1, 0.15) is 18.1 Å². The maximum absolute atomic E-state index is 13.7. The smallest absolute Gasteiger partial charge is 0.330 e. The third-order valence-electron chi connectivity index (χ3n) is 3.76. The second kappa shape index (κ2) is 10.3. The number of esters is 1. The number of benzene rings is 2. The molecule has 148 valence electrons. The highest BCUT2D eigenvalue weighted by Crippen LogP contribution is 2.13. The van der Waals surface area contributed by atoms with Crippen LogP contribution in [0.4, 0.5) is 14.5 Å². The molecule has 1 amide bonds. The van der Waals surface area contributed by atoms with Gasteiger partial charge in [-0.25, -0.2) is 13.6 Å². The number of carbonyl (C=O) groups excluding carboxylic acids is 2. The topological polar surface area (TPSA) is 58.6 Å². The third-order valence-corrected chi connectivity index (χ3v) is 3.76. The molecule has 5 nitrogen and oxygen atoms in total. The monoisotopic (exact) mass is 388 g/mol. The van der Waals surface area contributed by atoms with Crippen molar-refractivity contribution in [3.63, 3.8) is 0 Å². The molecule has 0 atom stereocenters. The first-order valence-corrected chi connectivity index (χ1v) is 8.74. The molecule has 2 rings (SSSR count). The Kier molecular flexibility index (Phi) is 7.83. The SMILES string of the molecule is CCOC(=O)/C=C/c1ccc(NC(=O)CN(C)Cc2ccc(F)cc2F)cc1. The van der Waals surface area contributed by atoms with Crippen LogP contribution in [0.15, 0.2) is 48.5 Å². The summed E-state index contributed by atoms with van der Waals surface area (Å²) in [5.41, 5.74) is 1.70. The molecule has 28 heavy (non-hydrogen) atoms. The molecule has 0 saturated carbocycles. The van der Waals surface area contributed by atoms with Crippen LogP contribution >= 0.6 is 0 Å². The van der Waals surface area contributed by atoms with Gasteiger partial charge in [0.15, 0.2) is 0 Å². The van der Waals surface area contributed by atoms with Crippen LogP contribution in [-0.4, -0.2) is 37.0 Å². The lowest BCUT2D eigenvalue weighted by Crippen LogP contribution is -2.30. The zero-order chi connectivity index (χ0) is 20.5. The zero-order valence-electron chi connectivity index (χ0n) is 15.7. The zero-order valence-corrected chi connectivity index (χ0v) is 15.7. The first-order valence-electron chi connectivity index (χ1n) is 8.74. The number of carbonyl (C=O) groups is 2. The maximum atomic E-state index is 13.7. The molecule has 0 aliphatic rings. The summed E-state index contributed by atoms with van der Waals surface area (Å²) in [5.74, 6) is -1.96. The Bertz CT molecular complexity index is 851. The van der Waals surface area contributed by atoms with Gasteiger partial charge in [-0.3, -0.25) is 9.69 Å². The molecule has 0 bridgehead atoms. The number of hydrogen-bond donors (Lipinski definition) is 1. The summed E-state index contributed by atoms with van der Waals surface area (Å²) in [5, 5.41) is 2.74. The van der Waals surface area contributed by atoms with Gasteiger partial charge in [0.1, 0.15) is 11.6 Å². The lowest BCUT2D eigenvalue weighted by molar-refractivity contribution is -0.137. The van der Waals surface area contributed by atoms with E-state index < -0.39 is 17.6 Å². The van der Waals surface area contributed by atoms with Crippen LogP contribution in [0.25, 0.3) is 6.08 Å². The first-order chi connectivity index (χ1) is 13.4. The quantitative estimate of drug-likeness (QED) is 0.554. The molecule has 0 aliphatic heterocycles. The summed E-state index contributed by atoms with van der Waals surface area (Å²) in [6.45, 7) is 2.27. The summed E-state index contributed by atoms with van der Waals surface area (Å²) in [7, 11) is 1.67. The Morgan fingerprint density at radius 2 is 1.86 bits per heavy atom. The molecule has 0 fully saturated rings. The Labute approximate surface area is 162 Å². The molecule has 1 N–H and O–H groups in total. The second-order valence-corrected chi connectivity index (χ2v) is 6.16. The molecule has 2 aromatic rings. The van der Waals surface area contributed by atoms with Crippen LogP contribution < -0.4 is 5.32 Å². The van der Waals surface area contributed by atoms with Crippen LogP contribution in [0, 0.1) is 11.6 Å². The van der Waals surface area contributed by atoms with Crippen LogP contribution in [0.5, 0.6) is 0 Å². The van der Waals surface area contributed by atoms with Gasteiger partial charge in [-0.1, -0.05) is 18.2 Å². The van der Waals surface area contributed by atoms with Gasteiger partial charge < -0.3 is 10.1 Å². The van der Waals surface area contributed by atoms with Gasteiger partial charge in [-0.2, -0.15) is 0 Å². The molecular weight excluding hydrogens is 366 g/mol. The van der Waals surface area contributed by atoms with Crippen molar-refractivity contribution in [1.29, 1.82) is 0 Å². The Morgan fingerprint density at radius 3 is 2.50 bits per heavy atom. The first kappa shape index (κ1) is 21.2. The van der Waals surface area contributed by atoms with E-state index in [0.29, 0.717) is 17.9 Å². The fourth-order valence-electron chi connectivity index (χ4n) is 2.47. The average Bonchev–Trinajstić information content (AvgIpc) is 2.63. The van der Waals surface area contributed by atoms with Crippen LogP contribution in [-0.2, 0) is 20.9 Å². The number of hydrogen-bond acceptors (Lipinski definition) is 4.